The van der Waals surface area contributed by atoms with Crippen LogP contribution in [0.5, 0.6) is 0 Å². The number of hydrogen-bond acceptors (Lipinski definition) is 6. The van der Waals surface area contributed by atoms with E-state index in [0.29, 0.717) is 22.2 Å². The molecule has 0 spiro atoms. The lowest BCUT2D eigenvalue weighted by atomic mass is 9.97. The lowest BCUT2D eigenvalue weighted by Gasteiger charge is -2.13. The minimum Gasteiger partial charge on any atom is -0.478 e. The molecule has 174 valence electrons. The number of nitrogens with one attached hydrogen (secondary N) is 2. The predicted octanol–water partition coefficient (Wildman–Crippen LogP) is 4.97. The zero-order chi connectivity index (χ0) is 25.1. The first-order valence-electron chi connectivity index (χ1n) is 10.7. The number of carbonyl (C=O) groups is 3. The van der Waals surface area contributed by atoms with Crippen molar-refractivity contribution in [3.05, 3.63) is 77.0 Å². The highest BCUT2D eigenvalue weighted by molar-refractivity contribution is 6.14. The largest absolute Gasteiger partial charge is 0.478 e. The van der Waals surface area contributed by atoms with E-state index in [2.05, 4.69) is 15.8 Å². The Morgan fingerprint density at radius 2 is 1.80 bits per heavy atom. The van der Waals surface area contributed by atoms with E-state index in [-0.39, 0.29) is 34.8 Å². The third-order valence-corrected chi connectivity index (χ3v) is 5.48. The molecule has 1 heterocycles. The molecule has 35 heavy (non-hydrogen) atoms. The van der Waals surface area contributed by atoms with Crippen LogP contribution in [-0.2, 0) is 4.79 Å². The van der Waals surface area contributed by atoms with E-state index in [1.54, 1.807) is 19.1 Å². The molecule has 0 atom stereocenters. The number of aryl methyl sites for hydroxylation is 1. The van der Waals surface area contributed by atoms with Crippen molar-refractivity contribution in [2.75, 3.05) is 10.6 Å². The maximum atomic E-state index is 13.0. The summed E-state index contributed by atoms with van der Waals surface area (Å²) in [4.78, 5) is 36.9. The molecule has 9 heteroatoms. The molecule has 0 aliphatic carbocycles. The normalized spacial score (nSPS) is 10.5. The van der Waals surface area contributed by atoms with Crippen LogP contribution in [0.3, 0.4) is 0 Å². The van der Waals surface area contributed by atoms with Gasteiger partial charge in [-0.25, -0.2) is 4.79 Å². The molecule has 4 aromatic rings. The molecule has 3 N–H and O–H groups in total. The van der Waals surface area contributed by atoms with Gasteiger partial charge in [-0.15, -0.1) is 0 Å². The lowest BCUT2D eigenvalue weighted by Crippen LogP contribution is -2.16. The zero-order valence-corrected chi connectivity index (χ0v) is 18.9. The van der Waals surface area contributed by atoms with Crippen LogP contribution in [0.2, 0.25) is 0 Å². The highest BCUT2D eigenvalue weighted by atomic mass is 16.5. The van der Waals surface area contributed by atoms with Crippen molar-refractivity contribution in [1.82, 2.24) is 5.16 Å². The van der Waals surface area contributed by atoms with Crippen molar-refractivity contribution in [2.45, 2.75) is 20.3 Å². The number of carboxylic acid groups (broad SMARTS) is 1. The summed E-state index contributed by atoms with van der Waals surface area (Å²) in [5, 5.41) is 28.1. The van der Waals surface area contributed by atoms with Crippen molar-refractivity contribution in [3.63, 3.8) is 0 Å². The van der Waals surface area contributed by atoms with E-state index >= 15 is 0 Å². The smallest absolute Gasteiger partial charge is 0.337 e. The minimum atomic E-state index is -1.30. The number of amides is 2. The first kappa shape index (κ1) is 23.2. The Morgan fingerprint density at radius 3 is 2.49 bits per heavy atom. The fourth-order valence-electron chi connectivity index (χ4n) is 3.67. The molecule has 1 aromatic heterocycles. The van der Waals surface area contributed by atoms with Crippen LogP contribution in [0.4, 0.5) is 11.4 Å². The number of rotatable bonds is 6. The fourth-order valence-corrected chi connectivity index (χ4v) is 3.67. The number of fused-ring (bicyclic) bond motifs is 1. The van der Waals surface area contributed by atoms with Gasteiger partial charge in [0.15, 0.2) is 11.3 Å². The average Bonchev–Trinajstić information content (AvgIpc) is 3.27. The molecule has 0 aliphatic heterocycles. The Labute approximate surface area is 200 Å². The van der Waals surface area contributed by atoms with Gasteiger partial charge < -0.3 is 20.3 Å². The Morgan fingerprint density at radius 1 is 1.03 bits per heavy atom. The first-order valence-corrected chi connectivity index (χ1v) is 10.7. The van der Waals surface area contributed by atoms with Crippen LogP contribution in [0.25, 0.3) is 22.1 Å². The fraction of sp³-hybridized carbons (Fsp3) is 0.115. The summed E-state index contributed by atoms with van der Waals surface area (Å²) in [7, 11) is 0. The summed E-state index contributed by atoms with van der Waals surface area (Å²) in [6, 6.07) is 16.8. The molecule has 2 amide bonds. The molecule has 0 saturated carbocycles. The number of hydrogen-bond donors (Lipinski definition) is 3. The van der Waals surface area contributed by atoms with Crippen LogP contribution >= 0.6 is 0 Å². The molecule has 9 nitrogen and oxygen atoms in total. The highest BCUT2D eigenvalue weighted by Gasteiger charge is 2.22. The van der Waals surface area contributed by atoms with Crippen molar-refractivity contribution in [2.24, 2.45) is 0 Å². The quantitative estimate of drug-likeness (QED) is 0.362. The molecule has 0 bridgehead atoms. The molecule has 0 unspecified atom stereocenters. The van der Waals surface area contributed by atoms with Gasteiger partial charge >= 0.3 is 5.97 Å². The third-order valence-electron chi connectivity index (χ3n) is 5.48. The van der Waals surface area contributed by atoms with E-state index in [4.69, 9.17) is 9.78 Å². The van der Waals surface area contributed by atoms with Gasteiger partial charge in [-0.2, -0.15) is 5.26 Å². The summed E-state index contributed by atoms with van der Waals surface area (Å²) in [5.41, 5.74) is 3.22. The summed E-state index contributed by atoms with van der Waals surface area (Å²) >= 11 is 0. The van der Waals surface area contributed by atoms with Crippen LogP contribution in [0.1, 0.15) is 45.3 Å². The Balaban J connectivity index is 1.79. The minimum absolute atomic E-state index is 0.00805. The molecular formula is C26H20N4O5. The van der Waals surface area contributed by atoms with Gasteiger partial charge in [-0.1, -0.05) is 36.3 Å². The first-order chi connectivity index (χ1) is 16.8. The predicted molar refractivity (Wildman–Crippen MR) is 129 cm³/mol. The number of nitrogens with zero attached hydrogens (tertiary/aromatic N) is 2. The Bertz CT molecular complexity index is 1530. The van der Waals surface area contributed by atoms with Gasteiger partial charge in [0, 0.05) is 17.7 Å². The molecule has 0 fully saturated rings. The maximum Gasteiger partial charge on any atom is 0.337 e. The highest BCUT2D eigenvalue weighted by Crippen LogP contribution is 2.36. The SMILES string of the molecule is CCC(=O)Nc1cc2c(C(=O)Nc3ccc(C#N)cc3C(=O)O)noc2cc1-c1ccccc1C. The third kappa shape index (κ3) is 4.58. The molecule has 0 aliphatic rings. The summed E-state index contributed by atoms with van der Waals surface area (Å²) < 4.78 is 5.43. The van der Waals surface area contributed by atoms with Gasteiger partial charge in [0.25, 0.3) is 5.91 Å². The summed E-state index contributed by atoms with van der Waals surface area (Å²) in [6.45, 7) is 3.68. The number of aromatic nitrogens is 1. The van der Waals surface area contributed by atoms with Gasteiger partial charge in [0.2, 0.25) is 5.91 Å². The second-order valence-corrected chi connectivity index (χ2v) is 7.77. The van der Waals surface area contributed by atoms with E-state index < -0.39 is 11.9 Å². The second kappa shape index (κ2) is 9.49. The zero-order valence-electron chi connectivity index (χ0n) is 18.9. The number of carboxylic acids is 1. The van der Waals surface area contributed by atoms with Crippen LogP contribution in [0, 0.1) is 18.3 Å². The molecule has 0 saturated heterocycles. The van der Waals surface area contributed by atoms with E-state index in [1.165, 1.54) is 18.2 Å². The van der Waals surface area contributed by atoms with Gasteiger partial charge in [-0.3, -0.25) is 9.59 Å². The lowest BCUT2D eigenvalue weighted by molar-refractivity contribution is -0.115. The number of anilines is 2. The van der Waals surface area contributed by atoms with Crippen LogP contribution in [0.15, 0.2) is 59.1 Å². The van der Waals surface area contributed by atoms with E-state index in [1.807, 2.05) is 37.3 Å². The van der Waals surface area contributed by atoms with Crippen molar-refractivity contribution in [3.8, 4) is 17.2 Å². The maximum absolute atomic E-state index is 13.0. The monoisotopic (exact) mass is 468 g/mol. The van der Waals surface area contributed by atoms with Gasteiger partial charge in [0.1, 0.15) is 0 Å². The summed E-state index contributed by atoms with van der Waals surface area (Å²) in [6.07, 6.45) is 0.263. The number of benzene rings is 3. The molecule has 0 radical (unpaired) electrons. The number of carbonyl (C=O) groups excluding carboxylic acids is 2. The topological polar surface area (TPSA) is 145 Å². The molecular weight excluding hydrogens is 448 g/mol. The van der Waals surface area contributed by atoms with Crippen molar-refractivity contribution >= 4 is 40.1 Å². The van der Waals surface area contributed by atoms with Crippen molar-refractivity contribution in [1.29, 1.82) is 5.26 Å². The van der Waals surface area contributed by atoms with E-state index in [9.17, 15) is 19.5 Å². The van der Waals surface area contributed by atoms with Crippen LogP contribution < -0.4 is 10.6 Å². The van der Waals surface area contributed by atoms with E-state index in [0.717, 1.165) is 11.1 Å². The summed E-state index contributed by atoms with van der Waals surface area (Å²) in [5.74, 6) is -2.20. The van der Waals surface area contributed by atoms with Crippen LogP contribution in [-0.4, -0.2) is 28.0 Å². The van der Waals surface area contributed by atoms with Gasteiger partial charge in [0.05, 0.1) is 28.3 Å². The number of aromatic carboxylic acids is 1. The molecule has 4 rings (SSSR count). The van der Waals surface area contributed by atoms with Crippen molar-refractivity contribution < 1.29 is 24.0 Å². The average molecular weight is 468 g/mol. The number of nitriles is 1. The van der Waals surface area contributed by atoms with Gasteiger partial charge in [-0.05, 0) is 48.4 Å². The Hall–Kier alpha value is -4.97. The molecule has 3 aromatic carbocycles. The second-order valence-electron chi connectivity index (χ2n) is 7.77. The standard InChI is InChI=1S/C26H20N4O5/c1-3-23(31)28-21-11-19-22(12-17(21)16-7-5-4-6-14(16)2)35-30-24(19)25(32)29-20-9-8-15(13-27)10-18(20)26(33)34/h4-12H,3H2,1-2H3,(H,28,31)(H,29,32)(H,33,34). The Kier molecular flexibility index (Phi) is 6.29.